The monoisotopic (exact) mass is 304 g/mol. The van der Waals surface area contributed by atoms with Crippen LogP contribution in [-0.4, -0.2) is 15.3 Å². The zero-order valence-corrected chi connectivity index (χ0v) is 10.3. The molecule has 0 saturated heterocycles. The topological polar surface area (TPSA) is 55.2 Å². The molecule has 1 aromatic carbocycles. The zero-order chi connectivity index (χ0) is 11.5. The summed E-state index contributed by atoms with van der Waals surface area (Å²) in [6.07, 6.45) is 0. The number of halogens is 2. The summed E-state index contributed by atoms with van der Waals surface area (Å²) in [6, 6.07) is 4.44. The Kier molecular flexibility index (Phi) is 3.47. The SMILES string of the molecule is OCc1nnc(Oc2ccc(Br)cc2F)s1. The summed E-state index contributed by atoms with van der Waals surface area (Å²) in [6.45, 7) is -0.205. The van der Waals surface area contributed by atoms with Gasteiger partial charge in [0, 0.05) is 4.47 Å². The van der Waals surface area contributed by atoms with E-state index in [0.717, 1.165) is 11.3 Å². The van der Waals surface area contributed by atoms with Crippen LogP contribution < -0.4 is 4.74 Å². The molecule has 0 unspecified atom stereocenters. The molecule has 0 saturated carbocycles. The van der Waals surface area contributed by atoms with E-state index < -0.39 is 5.82 Å². The average molecular weight is 305 g/mol. The third kappa shape index (κ3) is 2.55. The molecule has 2 rings (SSSR count). The molecule has 0 spiro atoms. The quantitative estimate of drug-likeness (QED) is 0.947. The number of nitrogens with zero attached hydrogens (tertiary/aromatic N) is 2. The molecule has 0 bridgehead atoms. The van der Waals surface area contributed by atoms with Crippen LogP contribution in [0.1, 0.15) is 5.01 Å². The van der Waals surface area contributed by atoms with Crippen molar-refractivity contribution < 1.29 is 14.2 Å². The van der Waals surface area contributed by atoms with Gasteiger partial charge in [0.1, 0.15) is 5.01 Å². The number of benzene rings is 1. The van der Waals surface area contributed by atoms with Gasteiger partial charge in [-0.25, -0.2) is 4.39 Å². The van der Waals surface area contributed by atoms with Gasteiger partial charge in [-0.3, -0.25) is 0 Å². The van der Waals surface area contributed by atoms with E-state index in [0.29, 0.717) is 9.48 Å². The van der Waals surface area contributed by atoms with E-state index in [1.54, 1.807) is 6.07 Å². The number of aromatic nitrogens is 2. The Bertz CT molecular complexity index is 506. The van der Waals surface area contributed by atoms with Gasteiger partial charge in [0.15, 0.2) is 11.6 Å². The highest BCUT2D eigenvalue weighted by Gasteiger charge is 2.09. The maximum atomic E-state index is 13.4. The fraction of sp³-hybridized carbons (Fsp3) is 0.111. The molecule has 1 N–H and O–H groups in total. The largest absolute Gasteiger partial charge is 0.427 e. The van der Waals surface area contributed by atoms with Crippen LogP contribution in [0.3, 0.4) is 0 Å². The van der Waals surface area contributed by atoms with Crippen molar-refractivity contribution in [1.82, 2.24) is 10.2 Å². The lowest BCUT2D eigenvalue weighted by atomic mass is 10.3. The van der Waals surface area contributed by atoms with Gasteiger partial charge in [-0.15, -0.1) is 5.10 Å². The Morgan fingerprint density at radius 2 is 2.25 bits per heavy atom. The summed E-state index contributed by atoms with van der Waals surface area (Å²) in [7, 11) is 0. The molecule has 0 atom stereocenters. The van der Waals surface area contributed by atoms with Crippen molar-refractivity contribution in [3.8, 4) is 10.9 Å². The molecule has 0 aliphatic carbocycles. The van der Waals surface area contributed by atoms with Gasteiger partial charge in [-0.05, 0) is 18.2 Å². The molecule has 0 aliphatic heterocycles. The predicted molar refractivity (Wildman–Crippen MR) is 60.0 cm³/mol. The smallest absolute Gasteiger partial charge is 0.299 e. The minimum atomic E-state index is -0.491. The number of rotatable bonds is 3. The van der Waals surface area contributed by atoms with E-state index in [1.807, 2.05) is 0 Å². The van der Waals surface area contributed by atoms with Gasteiger partial charge in [0.2, 0.25) is 0 Å². The van der Waals surface area contributed by atoms with Crippen LogP contribution in [-0.2, 0) is 6.61 Å². The van der Waals surface area contributed by atoms with Crippen LogP contribution >= 0.6 is 27.3 Å². The van der Waals surface area contributed by atoms with E-state index in [-0.39, 0.29) is 17.6 Å². The highest BCUT2D eigenvalue weighted by Crippen LogP contribution is 2.28. The highest BCUT2D eigenvalue weighted by molar-refractivity contribution is 9.10. The van der Waals surface area contributed by atoms with Gasteiger partial charge >= 0.3 is 0 Å². The normalized spacial score (nSPS) is 10.4. The molecule has 0 radical (unpaired) electrons. The van der Waals surface area contributed by atoms with Crippen molar-refractivity contribution in [2.24, 2.45) is 0 Å². The Hall–Kier alpha value is -1.05. The van der Waals surface area contributed by atoms with Crippen molar-refractivity contribution in [1.29, 1.82) is 0 Å². The van der Waals surface area contributed by atoms with E-state index in [4.69, 9.17) is 9.84 Å². The van der Waals surface area contributed by atoms with Crippen LogP contribution in [0.15, 0.2) is 22.7 Å². The lowest BCUT2D eigenvalue weighted by molar-refractivity contribution is 0.280. The molecule has 4 nitrogen and oxygen atoms in total. The molecule has 1 heterocycles. The van der Waals surface area contributed by atoms with Crippen molar-refractivity contribution >= 4 is 27.3 Å². The van der Waals surface area contributed by atoms with Crippen molar-refractivity contribution in [2.45, 2.75) is 6.61 Å². The van der Waals surface area contributed by atoms with Crippen molar-refractivity contribution in [3.05, 3.63) is 33.5 Å². The van der Waals surface area contributed by atoms with Gasteiger partial charge in [0.25, 0.3) is 5.19 Å². The minimum Gasteiger partial charge on any atom is -0.427 e. The average Bonchev–Trinajstić information content (AvgIpc) is 2.70. The third-order valence-corrected chi connectivity index (χ3v) is 2.95. The molecular formula is C9H6BrFN2O2S. The second-order valence-electron chi connectivity index (χ2n) is 2.80. The number of ether oxygens (including phenoxy) is 1. The zero-order valence-electron chi connectivity index (χ0n) is 7.85. The van der Waals surface area contributed by atoms with E-state index in [9.17, 15) is 4.39 Å². The Labute approximate surface area is 103 Å². The summed E-state index contributed by atoms with van der Waals surface area (Å²) >= 11 is 4.21. The first-order chi connectivity index (χ1) is 7.69. The van der Waals surface area contributed by atoms with Gasteiger partial charge < -0.3 is 9.84 Å². The first kappa shape index (κ1) is 11.4. The second-order valence-corrected chi connectivity index (χ2v) is 4.74. The number of aliphatic hydroxyl groups is 1. The molecule has 1 aromatic heterocycles. The molecule has 84 valence electrons. The summed E-state index contributed by atoms with van der Waals surface area (Å²) in [4.78, 5) is 0. The van der Waals surface area contributed by atoms with Gasteiger partial charge in [0.05, 0.1) is 6.61 Å². The molecule has 7 heteroatoms. The van der Waals surface area contributed by atoms with Crippen LogP contribution in [0.4, 0.5) is 4.39 Å². The molecule has 2 aromatic rings. The Morgan fingerprint density at radius 1 is 1.44 bits per heavy atom. The maximum Gasteiger partial charge on any atom is 0.299 e. The summed E-state index contributed by atoms with van der Waals surface area (Å²) in [5.41, 5.74) is 0. The molecular weight excluding hydrogens is 299 g/mol. The number of hydrogen-bond donors (Lipinski definition) is 1. The molecule has 0 fully saturated rings. The standard InChI is InChI=1S/C9H6BrFN2O2S/c10-5-1-2-7(6(11)3-5)15-9-13-12-8(4-14)16-9/h1-3,14H,4H2. The lowest BCUT2D eigenvalue weighted by Gasteiger charge is -2.02. The summed E-state index contributed by atoms with van der Waals surface area (Å²) in [5, 5.41) is 16.7. The van der Waals surface area contributed by atoms with E-state index in [1.165, 1.54) is 12.1 Å². The van der Waals surface area contributed by atoms with Gasteiger partial charge in [-0.1, -0.05) is 32.4 Å². The maximum absolute atomic E-state index is 13.4. The Balaban J connectivity index is 2.20. The Morgan fingerprint density at radius 3 is 2.88 bits per heavy atom. The van der Waals surface area contributed by atoms with Crippen LogP contribution in [0.2, 0.25) is 0 Å². The third-order valence-electron chi connectivity index (χ3n) is 1.67. The van der Waals surface area contributed by atoms with Crippen LogP contribution in [0, 0.1) is 5.82 Å². The highest BCUT2D eigenvalue weighted by atomic mass is 79.9. The molecule has 0 amide bonds. The number of aliphatic hydroxyl groups excluding tert-OH is 1. The summed E-state index contributed by atoms with van der Waals surface area (Å²) in [5.74, 6) is -0.418. The summed E-state index contributed by atoms with van der Waals surface area (Å²) < 4.78 is 19.2. The fourth-order valence-corrected chi connectivity index (χ4v) is 1.89. The second kappa shape index (κ2) is 4.86. The number of hydrogen-bond acceptors (Lipinski definition) is 5. The van der Waals surface area contributed by atoms with Gasteiger partial charge in [-0.2, -0.15) is 0 Å². The van der Waals surface area contributed by atoms with Crippen molar-refractivity contribution in [2.75, 3.05) is 0 Å². The molecule has 16 heavy (non-hydrogen) atoms. The molecule has 0 aliphatic rings. The van der Waals surface area contributed by atoms with Crippen molar-refractivity contribution in [3.63, 3.8) is 0 Å². The van der Waals surface area contributed by atoms with Crippen LogP contribution in [0.25, 0.3) is 0 Å². The predicted octanol–water partition coefficient (Wildman–Crippen LogP) is 2.72. The first-order valence-electron chi connectivity index (χ1n) is 4.25. The fourth-order valence-electron chi connectivity index (χ4n) is 0.995. The lowest BCUT2D eigenvalue weighted by Crippen LogP contribution is -1.87. The first-order valence-corrected chi connectivity index (χ1v) is 5.86. The van der Waals surface area contributed by atoms with E-state index in [2.05, 4.69) is 26.1 Å². The van der Waals surface area contributed by atoms with E-state index >= 15 is 0 Å². The minimum absolute atomic E-state index is 0.0730. The van der Waals surface area contributed by atoms with Crippen LogP contribution in [0.5, 0.6) is 10.9 Å².